The minimum atomic E-state index is 0.0690. The van der Waals surface area contributed by atoms with Crippen molar-refractivity contribution in [3.8, 4) is 0 Å². The third-order valence-electron chi connectivity index (χ3n) is 3.24. The van der Waals surface area contributed by atoms with Crippen LogP contribution in [0.25, 0.3) is 0 Å². The minimum Gasteiger partial charge on any atom is -0.303 e. The molecule has 2 heterocycles. The van der Waals surface area contributed by atoms with Crippen molar-refractivity contribution in [3.05, 3.63) is 16.1 Å². The van der Waals surface area contributed by atoms with Gasteiger partial charge in [0.05, 0.1) is 5.01 Å². The zero-order valence-corrected chi connectivity index (χ0v) is 10.7. The van der Waals surface area contributed by atoms with E-state index >= 15 is 0 Å². The van der Waals surface area contributed by atoms with Crippen LogP contribution in [0, 0.1) is 0 Å². The molecule has 0 aliphatic carbocycles. The molecule has 1 fully saturated rings. The highest BCUT2D eigenvalue weighted by Gasteiger charge is 2.20. The van der Waals surface area contributed by atoms with Crippen LogP contribution in [-0.2, 0) is 6.42 Å². The number of likely N-dealkylation sites (N-methyl/N-ethyl adjacent to an activating group) is 1. The molecule has 1 aromatic heterocycles. The molecular weight excluding hydrogens is 220 g/mol. The highest BCUT2D eigenvalue weighted by molar-refractivity contribution is 7.09. The summed E-state index contributed by atoms with van der Waals surface area (Å²) in [7, 11) is 2.18. The summed E-state index contributed by atoms with van der Waals surface area (Å²) in [5.41, 5.74) is 0.624. The molecule has 16 heavy (non-hydrogen) atoms. The Morgan fingerprint density at radius 2 is 2.44 bits per heavy atom. The van der Waals surface area contributed by atoms with Crippen molar-refractivity contribution in [3.63, 3.8) is 0 Å². The Morgan fingerprint density at radius 3 is 3.06 bits per heavy atom. The Morgan fingerprint density at radius 1 is 1.62 bits per heavy atom. The first kappa shape index (κ1) is 11.7. The lowest BCUT2D eigenvalue weighted by molar-refractivity contribution is 0.101. The van der Waals surface area contributed by atoms with E-state index in [1.54, 1.807) is 18.3 Å². The zero-order valence-electron chi connectivity index (χ0n) is 9.90. The first-order chi connectivity index (χ1) is 7.66. The summed E-state index contributed by atoms with van der Waals surface area (Å²) in [6.07, 6.45) is 4.88. The summed E-state index contributed by atoms with van der Waals surface area (Å²) >= 11 is 1.61. The van der Waals surface area contributed by atoms with E-state index in [1.165, 1.54) is 25.8 Å². The number of rotatable bonds is 3. The second-order valence-electron chi connectivity index (χ2n) is 4.52. The molecule has 1 atom stereocenters. The van der Waals surface area contributed by atoms with Crippen LogP contribution in [0.4, 0.5) is 0 Å². The molecule has 88 valence electrons. The molecule has 0 amide bonds. The van der Waals surface area contributed by atoms with Gasteiger partial charge in [0.2, 0.25) is 0 Å². The van der Waals surface area contributed by atoms with Crippen LogP contribution < -0.4 is 0 Å². The van der Waals surface area contributed by atoms with E-state index in [1.807, 2.05) is 5.38 Å². The lowest BCUT2D eigenvalue weighted by atomic mass is 10.0. The molecule has 4 heteroatoms. The lowest BCUT2D eigenvalue weighted by Gasteiger charge is -2.31. The largest absolute Gasteiger partial charge is 0.303 e. The SMILES string of the molecule is CC(=O)c1csc(CC2CCCCN2C)n1. The van der Waals surface area contributed by atoms with E-state index in [2.05, 4.69) is 16.9 Å². The van der Waals surface area contributed by atoms with Crippen molar-refractivity contribution in [2.75, 3.05) is 13.6 Å². The van der Waals surface area contributed by atoms with Crippen molar-refractivity contribution < 1.29 is 4.79 Å². The number of Topliss-reactive ketones (excluding diaryl/α,β-unsaturated/α-hetero) is 1. The fraction of sp³-hybridized carbons (Fsp3) is 0.667. The van der Waals surface area contributed by atoms with Crippen LogP contribution in [0.2, 0.25) is 0 Å². The Bertz CT molecular complexity index is 375. The first-order valence-electron chi connectivity index (χ1n) is 5.82. The van der Waals surface area contributed by atoms with Gasteiger partial charge in [-0.15, -0.1) is 11.3 Å². The number of piperidine rings is 1. The molecule has 0 radical (unpaired) electrons. The lowest BCUT2D eigenvalue weighted by Crippen LogP contribution is -2.37. The van der Waals surface area contributed by atoms with Crippen LogP contribution in [0.1, 0.15) is 41.7 Å². The van der Waals surface area contributed by atoms with Gasteiger partial charge in [-0.1, -0.05) is 6.42 Å². The van der Waals surface area contributed by atoms with Crippen molar-refractivity contribution in [1.29, 1.82) is 0 Å². The maximum absolute atomic E-state index is 11.1. The number of likely N-dealkylation sites (tertiary alicyclic amines) is 1. The summed E-state index contributed by atoms with van der Waals surface area (Å²) in [6, 6.07) is 0.611. The molecule has 1 aromatic rings. The van der Waals surface area contributed by atoms with E-state index in [9.17, 15) is 4.79 Å². The third-order valence-corrected chi connectivity index (χ3v) is 4.12. The molecule has 0 N–H and O–H groups in total. The van der Waals surface area contributed by atoms with E-state index < -0.39 is 0 Å². The Kier molecular flexibility index (Phi) is 3.71. The number of hydrogen-bond donors (Lipinski definition) is 0. The van der Waals surface area contributed by atoms with Crippen LogP contribution in [0.3, 0.4) is 0 Å². The monoisotopic (exact) mass is 238 g/mol. The van der Waals surface area contributed by atoms with E-state index in [0.717, 1.165) is 11.4 Å². The summed E-state index contributed by atoms with van der Waals surface area (Å²) in [5.74, 6) is 0.0690. The predicted octanol–water partition coefficient (Wildman–Crippen LogP) is 2.37. The topological polar surface area (TPSA) is 33.2 Å². The average Bonchev–Trinajstić information content (AvgIpc) is 2.70. The van der Waals surface area contributed by atoms with Gasteiger partial charge >= 0.3 is 0 Å². The van der Waals surface area contributed by atoms with Crippen molar-refractivity contribution >= 4 is 17.1 Å². The molecule has 1 saturated heterocycles. The second-order valence-corrected chi connectivity index (χ2v) is 5.46. The van der Waals surface area contributed by atoms with Crippen LogP contribution >= 0.6 is 11.3 Å². The molecule has 1 unspecified atom stereocenters. The predicted molar refractivity (Wildman–Crippen MR) is 66.1 cm³/mol. The van der Waals surface area contributed by atoms with Gasteiger partial charge in [0, 0.05) is 24.8 Å². The summed E-state index contributed by atoms with van der Waals surface area (Å²) in [5, 5.41) is 2.98. The summed E-state index contributed by atoms with van der Waals surface area (Å²) in [4.78, 5) is 17.9. The van der Waals surface area contributed by atoms with Gasteiger partial charge in [-0.2, -0.15) is 0 Å². The summed E-state index contributed by atoms with van der Waals surface area (Å²) < 4.78 is 0. The first-order valence-corrected chi connectivity index (χ1v) is 6.70. The average molecular weight is 238 g/mol. The molecule has 0 aromatic carbocycles. The highest BCUT2D eigenvalue weighted by atomic mass is 32.1. The second kappa shape index (κ2) is 5.06. The van der Waals surface area contributed by atoms with E-state index in [0.29, 0.717) is 11.7 Å². The van der Waals surface area contributed by atoms with Gasteiger partial charge < -0.3 is 4.90 Å². The fourth-order valence-electron chi connectivity index (χ4n) is 2.17. The molecule has 1 aliphatic rings. The zero-order chi connectivity index (χ0) is 11.5. The van der Waals surface area contributed by atoms with Crippen LogP contribution in [0.15, 0.2) is 5.38 Å². The van der Waals surface area contributed by atoms with Crippen molar-refractivity contribution in [2.24, 2.45) is 0 Å². The van der Waals surface area contributed by atoms with Gasteiger partial charge in [0.1, 0.15) is 5.69 Å². The Balaban J connectivity index is 1.99. The molecule has 0 bridgehead atoms. The number of nitrogens with zero attached hydrogens (tertiary/aromatic N) is 2. The number of ketones is 1. The number of thiazole rings is 1. The number of carbonyl (C=O) groups excluding carboxylic acids is 1. The molecule has 0 spiro atoms. The normalized spacial score (nSPS) is 22.2. The third kappa shape index (κ3) is 2.68. The Hall–Kier alpha value is -0.740. The fourth-order valence-corrected chi connectivity index (χ4v) is 3.08. The standard InChI is InChI=1S/C12H18N2OS/c1-9(15)11-8-16-12(13-11)7-10-5-3-4-6-14(10)2/h8,10H,3-7H2,1-2H3. The van der Waals surface area contributed by atoms with Gasteiger partial charge in [-0.25, -0.2) is 4.98 Å². The quantitative estimate of drug-likeness (QED) is 0.758. The smallest absolute Gasteiger partial charge is 0.178 e. The van der Waals surface area contributed by atoms with Gasteiger partial charge in [0.25, 0.3) is 0 Å². The van der Waals surface area contributed by atoms with Gasteiger partial charge in [0.15, 0.2) is 5.78 Å². The molecule has 2 rings (SSSR count). The maximum Gasteiger partial charge on any atom is 0.178 e. The number of aromatic nitrogens is 1. The molecular formula is C12H18N2OS. The number of carbonyl (C=O) groups is 1. The highest BCUT2D eigenvalue weighted by Crippen LogP contribution is 2.21. The van der Waals surface area contributed by atoms with Gasteiger partial charge in [-0.05, 0) is 26.4 Å². The van der Waals surface area contributed by atoms with E-state index in [-0.39, 0.29) is 5.78 Å². The van der Waals surface area contributed by atoms with Crippen LogP contribution in [-0.4, -0.2) is 35.3 Å². The Labute approximate surface area is 100 Å². The van der Waals surface area contributed by atoms with Gasteiger partial charge in [-0.3, -0.25) is 4.79 Å². The van der Waals surface area contributed by atoms with Crippen molar-refractivity contribution in [2.45, 2.75) is 38.6 Å². The molecule has 3 nitrogen and oxygen atoms in total. The summed E-state index contributed by atoms with van der Waals surface area (Å²) in [6.45, 7) is 2.77. The van der Waals surface area contributed by atoms with Crippen LogP contribution in [0.5, 0.6) is 0 Å². The minimum absolute atomic E-state index is 0.0690. The van der Waals surface area contributed by atoms with Crippen molar-refractivity contribution in [1.82, 2.24) is 9.88 Å². The van der Waals surface area contributed by atoms with E-state index in [4.69, 9.17) is 0 Å². The molecule has 0 saturated carbocycles. The number of hydrogen-bond acceptors (Lipinski definition) is 4. The maximum atomic E-state index is 11.1. The molecule has 1 aliphatic heterocycles.